The first kappa shape index (κ1) is 21.6. The van der Waals surface area contributed by atoms with Crippen LogP contribution in [0.3, 0.4) is 0 Å². The van der Waals surface area contributed by atoms with Crippen molar-refractivity contribution in [2.24, 2.45) is 0 Å². The minimum absolute atomic E-state index is 0.0263. The third-order valence-corrected chi connectivity index (χ3v) is 4.84. The van der Waals surface area contributed by atoms with Gasteiger partial charge in [0.2, 0.25) is 11.8 Å². The maximum Gasteiger partial charge on any atom is 0.418 e. The lowest BCUT2D eigenvalue weighted by Gasteiger charge is -2.16. The van der Waals surface area contributed by atoms with E-state index in [4.69, 9.17) is 4.74 Å². The van der Waals surface area contributed by atoms with Gasteiger partial charge in [-0.3, -0.25) is 9.59 Å². The molecule has 2 aromatic rings. The van der Waals surface area contributed by atoms with E-state index < -0.39 is 22.9 Å². The molecule has 2 amide bonds. The Morgan fingerprint density at radius 2 is 1.71 bits per heavy atom. The minimum Gasteiger partial charge on any atom is -0.497 e. The van der Waals surface area contributed by atoms with E-state index in [0.29, 0.717) is 11.4 Å². The molecule has 0 aliphatic rings. The molecule has 2 rings (SSSR count). The summed E-state index contributed by atoms with van der Waals surface area (Å²) in [6, 6.07) is 11.5. The van der Waals surface area contributed by atoms with Crippen LogP contribution in [0, 0.1) is 0 Å². The average Bonchev–Trinajstić information content (AvgIpc) is 2.66. The smallest absolute Gasteiger partial charge is 0.418 e. The van der Waals surface area contributed by atoms with Gasteiger partial charge in [-0.2, -0.15) is 13.2 Å². The molecule has 28 heavy (non-hydrogen) atoms. The summed E-state index contributed by atoms with van der Waals surface area (Å²) in [6.07, 6.45) is -4.57. The van der Waals surface area contributed by atoms with Crippen molar-refractivity contribution in [3.63, 3.8) is 0 Å². The summed E-state index contributed by atoms with van der Waals surface area (Å²) in [6.45, 7) is 1.52. The largest absolute Gasteiger partial charge is 0.497 e. The maximum absolute atomic E-state index is 13.0. The van der Waals surface area contributed by atoms with Gasteiger partial charge in [0.15, 0.2) is 0 Å². The predicted octanol–water partition coefficient (Wildman–Crippen LogP) is 4.41. The molecule has 0 spiro atoms. The number of alkyl halides is 3. The average molecular weight is 412 g/mol. The second-order valence-electron chi connectivity index (χ2n) is 5.76. The van der Waals surface area contributed by atoms with E-state index in [0.717, 1.165) is 17.8 Å². The Labute approximate surface area is 164 Å². The number of hydrogen-bond acceptors (Lipinski definition) is 4. The molecule has 0 aromatic heterocycles. The number of methoxy groups -OCH3 is 1. The van der Waals surface area contributed by atoms with Crippen LogP contribution in [0.2, 0.25) is 0 Å². The third-order valence-electron chi connectivity index (χ3n) is 3.70. The molecule has 0 saturated heterocycles. The van der Waals surface area contributed by atoms with Crippen molar-refractivity contribution in [3.05, 3.63) is 54.1 Å². The number of hydrogen-bond donors (Lipinski definition) is 2. The Kier molecular flexibility index (Phi) is 7.33. The molecule has 1 atom stereocenters. The zero-order chi connectivity index (χ0) is 20.7. The zero-order valence-corrected chi connectivity index (χ0v) is 16.0. The van der Waals surface area contributed by atoms with Crippen LogP contribution < -0.4 is 15.4 Å². The summed E-state index contributed by atoms with van der Waals surface area (Å²) in [5, 5.41) is 4.23. The van der Waals surface area contributed by atoms with Gasteiger partial charge in [0.1, 0.15) is 5.75 Å². The molecule has 150 valence electrons. The van der Waals surface area contributed by atoms with E-state index in [2.05, 4.69) is 10.6 Å². The van der Waals surface area contributed by atoms with Crippen LogP contribution in [0.5, 0.6) is 5.75 Å². The summed E-state index contributed by atoms with van der Waals surface area (Å²) in [4.78, 5) is 24.2. The first-order valence-electron chi connectivity index (χ1n) is 8.23. The summed E-state index contributed by atoms with van der Waals surface area (Å²) >= 11 is 1.02. The molecule has 2 aromatic carbocycles. The lowest BCUT2D eigenvalue weighted by atomic mass is 10.1. The summed E-state index contributed by atoms with van der Waals surface area (Å²) in [5.74, 6) is -0.317. The van der Waals surface area contributed by atoms with E-state index >= 15 is 0 Å². The fourth-order valence-corrected chi connectivity index (χ4v) is 2.91. The molecule has 5 nitrogen and oxygen atoms in total. The number of rotatable bonds is 7. The minimum atomic E-state index is -4.57. The predicted molar refractivity (Wildman–Crippen MR) is 104 cm³/mol. The van der Waals surface area contributed by atoms with Crippen molar-refractivity contribution in [1.82, 2.24) is 0 Å². The topological polar surface area (TPSA) is 67.4 Å². The van der Waals surface area contributed by atoms with Gasteiger partial charge < -0.3 is 15.4 Å². The number of nitrogens with one attached hydrogen (secondary N) is 2. The van der Waals surface area contributed by atoms with Crippen molar-refractivity contribution in [3.8, 4) is 5.75 Å². The van der Waals surface area contributed by atoms with Crippen molar-refractivity contribution in [2.45, 2.75) is 18.3 Å². The van der Waals surface area contributed by atoms with Crippen molar-refractivity contribution in [1.29, 1.82) is 0 Å². The number of carbonyl (C=O) groups excluding carboxylic acids is 2. The second kappa shape index (κ2) is 9.50. The number of benzene rings is 2. The monoisotopic (exact) mass is 412 g/mol. The van der Waals surface area contributed by atoms with Gasteiger partial charge in [0, 0.05) is 5.69 Å². The normalized spacial score (nSPS) is 12.2. The number of carbonyl (C=O) groups is 2. The number of halogens is 3. The molecule has 2 N–H and O–H groups in total. The molecule has 0 fully saturated rings. The van der Waals surface area contributed by atoms with E-state index in [1.165, 1.54) is 32.2 Å². The van der Waals surface area contributed by atoms with Gasteiger partial charge in [-0.1, -0.05) is 12.1 Å². The first-order chi connectivity index (χ1) is 13.2. The van der Waals surface area contributed by atoms with Crippen molar-refractivity contribution < 1.29 is 27.5 Å². The van der Waals surface area contributed by atoms with Crippen LogP contribution in [0.4, 0.5) is 24.5 Å². The van der Waals surface area contributed by atoms with Gasteiger partial charge in [0.25, 0.3) is 0 Å². The molecule has 0 aliphatic heterocycles. The summed E-state index contributed by atoms with van der Waals surface area (Å²) in [5.41, 5.74) is -0.657. The van der Waals surface area contributed by atoms with Gasteiger partial charge in [-0.25, -0.2) is 0 Å². The Morgan fingerprint density at radius 3 is 2.32 bits per heavy atom. The standard InChI is InChI=1S/C19H19F3N2O3S/c1-12(18(26)24-16-6-4-3-5-15(16)19(20,21)22)28-11-17(25)23-13-7-9-14(27-2)10-8-13/h3-10,12H,11H2,1-2H3,(H,23,25)(H,24,26). The van der Waals surface area contributed by atoms with Crippen molar-refractivity contribution in [2.75, 3.05) is 23.5 Å². The fourth-order valence-electron chi connectivity index (χ4n) is 2.22. The van der Waals surface area contributed by atoms with Gasteiger partial charge in [0.05, 0.1) is 29.4 Å². The highest BCUT2D eigenvalue weighted by molar-refractivity contribution is 8.01. The first-order valence-corrected chi connectivity index (χ1v) is 9.28. The molecule has 0 saturated carbocycles. The van der Waals surface area contributed by atoms with E-state index in [1.807, 2.05) is 0 Å². The zero-order valence-electron chi connectivity index (χ0n) is 15.2. The van der Waals surface area contributed by atoms with Crippen LogP contribution in [0.25, 0.3) is 0 Å². The lowest BCUT2D eigenvalue weighted by Crippen LogP contribution is -2.26. The quantitative estimate of drug-likeness (QED) is 0.707. The van der Waals surface area contributed by atoms with Crippen LogP contribution in [0.15, 0.2) is 48.5 Å². The van der Waals surface area contributed by atoms with E-state index in [1.54, 1.807) is 24.3 Å². The van der Waals surface area contributed by atoms with Gasteiger partial charge >= 0.3 is 6.18 Å². The fraction of sp³-hybridized carbons (Fsp3) is 0.263. The van der Waals surface area contributed by atoms with Crippen molar-refractivity contribution >= 4 is 35.0 Å². The highest BCUT2D eigenvalue weighted by Crippen LogP contribution is 2.34. The van der Waals surface area contributed by atoms with E-state index in [-0.39, 0.29) is 17.3 Å². The molecule has 9 heteroatoms. The van der Waals surface area contributed by atoms with Crippen LogP contribution in [-0.2, 0) is 15.8 Å². The van der Waals surface area contributed by atoms with Crippen LogP contribution in [-0.4, -0.2) is 29.9 Å². The number of thioether (sulfide) groups is 1. The molecule has 1 unspecified atom stereocenters. The Balaban J connectivity index is 1.88. The molecular formula is C19H19F3N2O3S. The molecule has 0 aliphatic carbocycles. The highest BCUT2D eigenvalue weighted by atomic mass is 32.2. The number of anilines is 2. The SMILES string of the molecule is COc1ccc(NC(=O)CSC(C)C(=O)Nc2ccccc2C(F)(F)F)cc1. The summed E-state index contributed by atoms with van der Waals surface area (Å²) in [7, 11) is 1.53. The second-order valence-corrected chi connectivity index (χ2v) is 7.09. The van der Waals surface area contributed by atoms with Gasteiger partial charge in [-0.05, 0) is 43.3 Å². The number of para-hydroxylation sites is 1. The third kappa shape index (κ3) is 6.19. The van der Waals surface area contributed by atoms with Gasteiger partial charge in [-0.15, -0.1) is 11.8 Å². The number of amides is 2. The lowest BCUT2D eigenvalue weighted by molar-refractivity contribution is -0.137. The Morgan fingerprint density at radius 1 is 1.07 bits per heavy atom. The number of ether oxygens (including phenoxy) is 1. The van der Waals surface area contributed by atoms with E-state index in [9.17, 15) is 22.8 Å². The Bertz CT molecular complexity index is 826. The van der Waals surface area contributed by atoms with Crippen LogP contribution in [0.1, 0.15) is 12.5 Å². The maximum atomic E-state index is 13.0. The molecule has 0 heterocycles. The molecular weight excluding hydrogens is 393 g/mol. The summed E-state index contributed by atoms with van der Waals surface area (Å²) < 4.78 is 44.0. The highest BCUT2D eigenvalue weighted by Gasteiger charge is 2.33. The molecule has 0 bridgehead atoms. The Hall–Kier alpha value is -2.68. The molecule has 0 radical (unpaired) electrons. The van der Waals surface area contributed by atoms with Crippen LogP contribution >= 0.6 is 11.8 Å².